The molecule has 0 aliphatic rings. The smallest absolute Gasteiger partial charge is 0.338 e. The molecule has 0 spiro atoms. The van der Waals surface area contributed by atoms with Gasteiger partial charge in [0.25, 0.3) is 0 Å². The van der Waals surface area contributed by atoms with Gasteiger partial charge in [0.05, 0.1) is 29.8 Å². The Balaban J connectivity index is 2.58. The van der Waals surface area contributed by atoms with Crippen LogP contribution in [0.3, 0.4) is 0 Å². The molecule has 0 aliphatic carbocycles. The second kappa shape index (κ2) is 3.25. The summed E-state index contributed by atoms with van der Waals surface area (Å²) in [5, 5.41) is 16.2. The first kappa shape index (κ1) is 8.36. The number of rotatable bonds is 2. The van der Waals surface area contributed by atoms with Gasteiger partial charge in [-0.25, -0.2) is 9.48 Å². The largest absolute Gasteiger partial charge is 0.478 e. The second-order valence-electron chi connectivity index (χ2n) is 2.55. The highest BCUT2D eigenvalue weighted by Crippen LogP contribution is 2.10. The molecule has 0 aliphatic heterocycles. The Labute approximate surface area is 78.8 Å². The van der Waals surface area contributed by atoms with E-state index in [0.717, 1.165) is 0 Å². The van der Waals surface area contributed by atoms with Crippen LogP contribution in [-0.2, 0) is 0 Å². The summed E-state index contributed by atoms with van der Waals surface area (Å²) in [4.78, 5) is 14.7. The maximum absolute atomic E-state index is 10.8. The first-order chi connectivity index (χ1) is 6.79. The van der Waals surface area contributed by atoms with Gasteiger partial charge in [0.2, 0.25) is 0 Å². The van der Waals surface area contributed by atoms with Crippen LogP contribution >= 0.6 is 0 Å². The van der Waals surface area contributed by atoms with Gasteiger partial charge < -0.3 is 5.11 Å². The zero-order chi connectivity index (χ0) is 9.97. The van der Waals surface area contributed by atoms with Gasteiger partial charge in [0.1, 0.15) is 0 Å². The molecule has 0 saturated heterocycles. The monoisotopic (exact) mass is 190 g/mol. The van der Waals surface area contributed by atoms with Crippen molar-refractivity contribution in [2.24, 2.45) is 0 Å². The van der Waals surface area contributed by atoms with Crippen LogP contribution in [0.2, 0.25) is 0 Å². The number of nitrogens with zero attached hydrogens (tertiary/aromatic N) is 4. The molecule has 0 saturated carbocycles. The number of aromatic nitrogens is 4. The van der Waals surface area contributed by atoms with Crippen LogP contribution in [0, 0.1) is 0 Å². The maximum Gasteiger partial charge on any atom is 0.338 e. The number of carboxylic acid groups (broad SMARTS) is 1. The lowest BCUT2D eigenvalue weighted by molar-refractivity contribution is 0.0696. The van der Waals surface area contributed by atoms with E-state index in [2.05, 4.69) is 15.3 Å². The molecular formula is C8H6N4O2. The van der Waals surface area contributed by atoms with Crippen molar-refractivity contribution < 1.29 is 9.90 Å². The van der Waals surface area contributed by atoms with Crippen molar-refractivity contribution in [1.29, 1.82) is 0 Å². The molecule has 0 atom stereocenters. The van der Waals surface area contributed by atoms with Crippen molar-refractivity contribution in [3.63, 3.8) is 0 Å². The lowest BCUT2D eigenvalue weighted by Gasteiger charge is -2.02. The molecule has 0 aromatic carbocycles. The summed E-state index contributed by atoms with van der Waals surface area (Å²) in [6.07, 6.45) is 5.88. The predicted molar refractivity (Wildman–Crippen MR) is 46.1 cm³/mol. The molecule has 0 radical (unpaired) electrons. The number of carboxylic acids is 1. The minimum atomic E-state index is -1.02. The Morgan fingerprint density at radius 2 is 2.29 bits per heavy atom. The molecule has 2 heterocycles. The highest BCUT2D eigenvalue weighted by atomic mass is 16.4. The number of hydrogen-bond donors (Lipinski definition) is 1. The summed E-state index contributed by atoms with van der Waals surface area (Å²) < 4.78 is 1.36. The number of pyridine rings is 1. The van der Waals surface area contributed by atoms with Gasteiger partial charge >= 0.3 is 5.97 Å². The Morgan fingerprint density at radius 3 is 2.93 bits per heavy atom. The minimum Gasteiger partial charge on any atom is -0.478 e. The topological polar surface area (TPSA) is 80.9 Å². The Hall–Kier alpha value is -2.24. The summed E-state index contributed by atoms with van der Waals surface area (Å²) in [5.74, 6) is -1.02. The van der Waals surface area contributed by atoms with Crippen LogP contribution < -0.4 is 0 Å². The highest BCUT2D eigenvalue weighted by molar-refractivity contribution is 5.91. The molecule has 0 fully saturated rings. The normalized spacial score (nSPS) is 10.0. The van der Waals surface area contributed by atoms with Crippen molar-refractivity contribution in [2.75, 3.05) is 0 Å². The fourth-order valence-electron chi connectivity index (χ4n) is 1.09. The van der Waals surface area contributed by atoms with E-state index in [0.29, 0.717) is 5.69 Å². The van der Waals surface area contributed by atoms with Crippen molar-refractivity contribution in [3.8, 4) is 5.69 Å². The summed E-state index contributed by atoms with van der Waals surface area (Å²) in [6.45, 7) is 0. The zero-order valence-electron chi connectivity index (χ0n) is 7.03. The van der Waals surface area contributed by atoms with E-state index in [1.165, 1.54) is 29.3 Å². The average molecular weight is 190 g/mol. The summed E-state index contributed by atoms with van der Waals surface area (Å²) in [5.41, 5.74) is 0.544. The van der Waals surface area contributed by atoms with E-state index in [4.69, 9.17) is 5.11 Å². The molecule has 2 aromatic rings. The molecule has 14 heavy (non-hydrogen) atoms. The quantitative estimate of drug-likeness (QED) is 0.739. The summed E-state index contributed by atoms with van der Waals surface area (Å²) in [6, 6.07) is 1.42. The van der Waals surface area contributed by atoms with Crippen LogP contribution in [0.15, 0.2) is 30.9 Å². The molecule has 6 nitrogen and oxygen atoms in total. The predicted octanol–water partition coefficient (Wildman–Crippen LogP) is 0.360. The molecule has 70 valence electrons. The zero-order valence-corrected chi connectivity index (χ0v) is 7.03. The van der Waals surface area contributed by atoms with Crippen LogP contribution in [0.1, 0.15) is 10.4 Å². The van der Waals surface area contributed by atoms with E-state index >= 15 is 0 Å². The molecule has 6 heteroatoms. The van der Waals surface area contributed by atoms with E-state index in [-0.39, 0.29) is 5.56 Å². The molecule has 1 N–H and O–H groups in total. The average Bonchev–Trinajstić information content (AvgIpc) is 2.70. The fourth-order valence-corrected chi connectivity index (χ4v) is 1.09. The highest BCUT2D eigenvalue weighted by Gasteiger charge is 2.11. The molecule has 0 bridgehead atoms. The lowest BCUT2D eigenvalue weighted by Crippen LogP contribution is -2.06. The van der Waals surface area contributed by atoms with Crippen LogP contribution in [0.25, 0.3) is 5.69 Å². The molecule has 0 amide bonds. The number of carbonyl (C=O) groups is 1. The van der Waals surface area contributed by atoms with Gasteiger partial charge in [0, 0.05) is 6.20 Å². The standard InChI is InChI=1S/C8H6N4O2/c13-8(14)6-1-2-9-5-7(6)12-4-3-10-11-12/h1-5H,(H,13,14). The van der Waals surface area contributed by atoms with Crippen molar-refractivity contribution in [1.82, 2.24) is 20.0 Å². The van der Waals surface area contributed by atoms with E-state index in [1.807, 2.05) is 0 Å². The van der Waals surface area contributed by atoms with E-state index < -0.39 is 5.97 Å². The van der Waals surface area contributed by atoms with Crippen LogP contribution in [0.4, 0.5) is 0 Å². The molecule has 2 aromatic heterocycles. The first-order valence-corrected chi connectivity index (χ1v) is 3.83. The van der Waals surface area contributed by atoms with Gasteiger partial charge in [-0.15, -0.1) is 5.10 Å². The van der Waals surface area contributed by atoms with Gasteiger partial charge in [-0.1, -0.05) is 5.21 Å². The van der Waals surface area contributed by atoms with Gasteiger partial charge in [-0.2, -0.15) is 0 Å². The maximum atomic E-state index is 10.8. The van der Waals surface area contributed by atoms with E-state index in [1.54, 1.807) is 6.20 Å². The minimum absolute atomic E-state index is 0.144. The summed E-state index contributed by atoms with van der Waals surface area (Å²) >= 11 is 0. The van der Waals surface area contributed by atoms with Gasteiger partial charge in [-0.05, 0) is 6.07 Å². The third-order valence-corrected chi connectivity index (χ3v) is 1.70. The van der Waals surface area contributed by atoms with Crippen molar-refractivity contribution in [3.05, 3.63) is 36.4 Å². The van der Waals surface area contributed by atoms with Crippen molar-refractivity contribution in [2.45, 2.75) is 0 Å². The Morgan fingerprint density at radius 1 is 1.43 bits per heavy atom. The number of hydrogen-bond acceptors (Lipinski definition) is 4. The molecular weight excluding hydrogens is 184 g/mol. The Bertz CT molecular complexity index is 452. The summed E-state index contributed by atoms with van der Waals surface area (Å²) in [7, 11) is 0. The van der Waals surface area contributed by atoms with Crippen LogP contribution in [0.5, 0.6) is 0 Å². The third-order valence-electron chi connectivity index (χ3n) is 1.70. The second-order valence-corrected chi connectivity index (χ2v) is 2.55. The van der Waals surface area contributed by atoms with Gasteiger partial charge in [0.15, 0.2) is 0 Å². The lowest BCUT2D eigenvalue weighted by atomic mass is 10.2. The molecule has 2 rings (SSSR count). The Kier molecular flexibility index (Phi) is 1.94. The van der Waals surface area contributed by atoms with Crippen LogP contribution in [-0.4, -0.2) is 31.1 Å². The SMILES string of the molecule is O=C(O)c1ccncc1-n1ccnn1. The first-order valence-electron chi connectivity index (χ1n) is 3.83. The molecule has 0 unspecified atom stereocenters. The number of aromatic carboxylic acids is 1. The van der Waals surface area contributed by atoms with E-state index in [9.17, 15) is 4.79 Å². The van der Waals surface area contributed by atoms with Gasteiger partial charge in [-0.3, -0.25) is 4.98 Å². The third kappa shape index (κ3) is 1.33. The fraction of sp³-hybridized carbons (Fsp3) is 0. The van der Waals surface area contributed by atoms with Crippen molar-refractivity contribution >= 4 is 5.97 Å².